The highest BCUT2D eigenvalue weighted by Gasteiger charge is 2.20. The first-order chi connectivity index (χ1) is 9.11. The van der Waals surface area contributed by atoms with Gasteiger partial charge in [-0.15, -0.1) is 0 Å². The van der Waals surface area contributed by atoms with Gasteiger partial charge < -0.3 is 16.4 Å². The average molecular weight is 261 g/mol. The summed E-state index contributed by atoms with van der Waals surface area (Å²) in [5, 5.41) is 0. The van der Waals surface area contributed by atoms with Gasteiger partial charge in [0.05, 0.1) is 11.4 Å². The fourth-order valence-corrected chi connectivity index (χ4v) is 2.84. The van der Waals surface area contributed by atoms with Crippen LogP contribution in [-0.4, -0.2) is 19.0 Å². The van der Waals surface area contributed by atoms with Gasteiger partial charge in [-0.25, -0.2) is 0 Å². The Hall–Kier alpha value is -1.71. The van der Waals surface area contributed by atoms with Gasteiger partial charge in [0, 0.05) is 18.7 Å². The summed E-state index contributed by atoms with van der Waals surface area (Å²) in [4.78, 5) is 13.5. The molecule has 4 nitrogen and oxygen atoms in total. The zero-order chi connectivity index (χ0) is 13.8. The molecule has 0 atom stereocenters. The number of carbonyl (C=O) groups excluding carboxylic acids is 1. The molecule has 1 amide bonds. The van der Waals surface area contributed by atoms with E-state index in [9.17, 15) is 4.79 Å². The number of amides is 1. The molecule has 4 N–H and O–H groups in total. The van der Waals surface area contributed by atoms with Gasteiger partial charge in [0.15, 0.2) is 0 Å². The molecule has 1 aromatic carbocycles. The van der Waals surface area contributed by atoms with Crippen molar-refractivity contribution in [3.05, 3.63) is 23.8 Å². The predicted octanol–water partition coefficient (Wildman–Crippen LogP) is 2.38. The van der Waals surface area contributed by atoms with Crippen molar-refractivity contribution >= 4 is 17.3 Å². The molecule has 1 aromatic rings. The highest BCUT2D eigenvalue weighted by atomic mass is 16.1. The van der Waals surface area contributed by atoms with Crippen molar-refractivity contribution in [2.45, 2.75) is 32.6 Å². The highest BCUT2D eigenvalue weighted by molar-refractivity contribution is 5.95. The Morgan fingerprint density at radius 2 is 2.05 bits per heavy atom. The van der Waals surface area contributed by atoms with Crippen molar-refractivity contribution in [2.75, 3.05) is 23.7 Å². The van der Waals surface area contributed by atoms with Crippen LogP contribution < -0.4 is 16.4 Å². The Morgan fingerprint density at radius 3 is 2.63 bits per heavy atom. The Morgan fingerprint density at radius 1 is 1.37 bits per heavy atom. The second kappa shape index (κ2) is 5.95. The van der Waals surface area contributed by atoms with E-state index in [2.05, 4.69) is 11.8 Å². The molecule has 1 fully saturated rings. The van der Waals surface area contributed by atoms with Crippen LogP contribution in [0.1, 0.15) is 43.0 Å². The predicted molar refractivity (Wildman–Crippen MR) is 79.2 cm³/mol. The maximum Gasteiger partial charge on any atom is 0.248 e. The Labute approximate surface area is 114 Å². The van der Waals surface area contributed by atoms with E-state index < -0.39 is 5.91 Å². The topological polar surface area (TPSA) is 72.3 Å². The fourth-order valence-electron chi connectivity index (χ4n) is 2.84. The van der Waals surface area contributed by atoms with E-state index in [1.54, 1.807) is 12.1 Å². The standard InChI is InChI=1S/C15H23N3O/c1-2-3-11-6-8-18(9-7-11)14-10-12(15(17)19)4-5-13(14)16/h4-5,10-11H,2-3,6-9,16H2,1H3,(H2,17,19). The number of rotatable bonds is 4. The molecule has 0 aromatic heterocycles. The number of anilines is 2. The summed E-state index contributed by atoms with van der Waals surface area (Å²) < 4.78 is 0. The van der Waals surface area contributed by atoms with Gasteiger partial charge in [0.2, 0.25) is 5.91 Å². The molecule has 0 unspecified atom stereocenters. The molecule has 1 aliphatic rings. The summed E-state index contributed by atoms with van der Waals surface area (Å²) in [5.74, 6) is 0.434. The lowest BCUT2D eigenvalue weighted by Gasteiger charge is -2.34. The molecule has 0 bridgehead atoms. The summed E-state index contributed by atoms with van der Waals surface area (Å²) in [6, 6.07) is 5.27. The van der Waals surface area contributed by atoms with Crippen LogP contribution in [-0.2, 0) is 0 Å². The highest BCUT2D eigenvalue weighted by Crippen LogP contribution is 2.30. The van der Waals surface area contributed by atoms with Gasteiger partial charge in [0.25, 0.3) is 0 Å². The van der Waals surface area contributed by atoms with Crippen molar-refractivity contribution in [1.82, 2.24) is 0 Å². The zero-order valence-electron chi connectivity index (χ0n) is 11.6. The summed E-state index contributed by atoms with van der Waals surface area (Å²) in [6.45, 7) is 4.26. The van der Waals surface area contributed by atoms with Crippen LogP contribution in [0.25, 0.3) is 0 Å². The van der Waals surface area contributed by atoms with Crippen LogP contribution in [0.15, 0.2) is 18.2 Å². The first kappa shape index (κ1) is 13.7. The van der Waals surface area contributed by atoms with Gasteiger partial charge >= 0.3 is 0 Å². The number of benzene rings is 1. The quantitative estimate of drug-likeness (QED) is 0.817. The van der Waals surface area contributed by atoms with E-state index in [1.165, 1.54) is 25.7 Å². The molecular formula is C15H23N3O. The zero-order valence-corrected chi connectivity index (χ0v) is 11.6. The second-order valence-electron chi connectivity index (χ2n) is 5.36. The lowest BCUT2D eigenvalue weighted by Crippen LogP contribution is -2.34. The summed E-state index contributed by atoms with van der Waals surface area (Å²) >= 11 is 0. The number of piperidine rings is 1. The number of nitrogens with two attached hydrogens (primary N) is 2. The minimum absolute atomic E-state index is 0.401. The van der Waals surface area contributed by atoms with E-state index in [0.717, 1.165) is 30.4 Å². The van der Waals surface area contributed by atoms with Gasteiger partial charge in [-0.1, -0.05) is 19.8 Å². The summed E-state index contributed by atoms with van der Waals surface area (Å²) in [5.41, 5.74) is 13.5. The van der Waals surface area contributed by atoms with E-state index >= 15 is 0 Å². The smallest absolute Gasteiger partial charge is 0.248 e. The maximum absolute atomic E-state index is 11.2. The van der Waals surface area contributed by atoms with Gasteiger partial charge in [-0.3, -0.25) is 4.79 Å². The third kappa shape index (κ3) is 3.19. The molecule has 0 spiro atoms. The van der Waals surface area contributed by atoms with Crippen LogP contribution in [0.3, 0.4) is 0 Å². The lowest BCUT2D eigenvalue weighted by atomic mass is 9.92. The number of nitrogen functional groups attached to an aromatic ring is 1. The third-order valence-electron chi connectivity index (χ3n) is 3.97. The molecule has 0 aliphatic carbocycles. The number of hydrogen-bond acceptors (Lipinski definition) is 3. The number of nitrogens with zero attached hydrogens (tertiary/aromatic N) is 1. The molecular weight excluding hydrogens is 238 g/mol. The van der Waals surface area contributed by atoms with Gasteiger partial charge in [-0.05, 0) is 37.0 Å². The van der Waals surface area contributed by atoms with Crippen molar-refractivity contribution in [2.24, 2.45) is 11.7 Å². The minimum Gasteiger partial charge on any atom is -0.397 e. The second-order valence-corrected chi connectivity index (χ2v) is 5.36. The van der Waals surface area contributed by atoms with Gasteiger partial charge in [-0.2, -0.15) is 0 Å². The molecule has 1 heterocycles. The minimum atomic E-state index is -0.401. The largest absolute Gasteiger partial charge is 0.397 e. The van der Waals surface area contributed by atoms with E-state index in [4.69, 9.17) is 11.5 Å². The molecule has 4 heteroatoms. The Bertz CT molecular complexity index is 451. The molecule has 104 valence electrons. The fraction of sp³-hybridized carbons (Fsp3) is 0.533. The Balaban J connectivity index is 2.10. The maximum atomic E-state index is 11.2. The lowest BCUT2D eigenvalue weighted by molar-refractivity contribution is 0.100. The van der Waals surface area contributed by atoms with Crippen molar-refractivity contribution < 1.29 is 4.79 Å². The van der Waals surface area contributed by atoms with Crippen LogP contribution in [0, 0.1) is 5.92 Å². The molecule has 19 heavy (non-hydrogen) atoms. The van der Waals surface area contributed by atoms with Crippen molar-refractivity contribution in [1.29, 1.82) is 0 Å². The van der Waals surface area contributed by atoms with E-state index in [1.807, 2.05) is 6.07 Å². The van der Waals surface area contributed by atoms with Crippen LogP contribution in [0.4, 0.5) is 11.4 Å². The normalized spacial score (nSPS) is 16.6. The monoisotopic (exact) mass is 261 g/mol. The molecule has 2 rings (SSSR count). The summed E-state index contributed by atoms with van der Waals surface area (Å²) in [7, 11) is 0. The average Bonchev–Trinajstić information content (AvgIpc) is 2.40. The number of primary amides is 1. The van der Waals surface area contributed by atoms with Gasteiger partial charge in [0.1, 0.15) is 0 Å². The molecule has 1 saturated heterocycles. The first-order valence-electron chi connectivity index (χ1n) is 7.06. The van der Waals surface area contributed by atoms with E-state index in [0.29, 0.717) is 5.56 Å². The number of carbonyl (C=O) groups is 1. The van der Waals surface area contributed by atoms with Crippen LogP contribution >= 0.6 is 0 Å². The van der Waals surface area contributed by atoms with E-state index in [-0.39, 0.29) is 0 Å². The van der Waals surface area contributed by atoms with Crippen LogP contribution in [0.5, 0.6) is 0 Å². The molecule has 0 radical (unpaired) electrons. The molecule has 0 saturated carbocycles. The number of hydrogen-bond donors (Lipinski definition) is 2. The third-order valence-corrected chi connectivity index (χ3v) is 3.97. The van der Waals surface area contributed by atoms with Crippen molar-refractivity contribution in [3.63, 3.8) is 0 Å². The summed E-state index contributed by atoms with van der Waals surface area (Å²) in [6.07, 6.45) is 4.97. The Kier molecular flexibility index (Phi) is 4.30. The van der Waals surface area contributed by atoms with Crippen molar-refractivity contribution in [3.8, 4) is 0 Å². The molecule has 1 aliphatic heterocycles. The SMILES string of the molecule is CCCC1CCN(c2cc(C(N)=O)ccc2N)CC1. The van der Waals surface area contributed by atoms with Crippen LogP contribution in [0.2, 0.25) is 0 Å². The first-order valence-corrected chi connectivity index (χ1v) is 7.06.